The van der Waals surface area contributed by atoms with Crippen molar-refractivity contribution >= 4 is 17.2 Å². The van der Waals surface area contributed by atoms with Crippen molar-refractivity contribution in [3.8, 4) is 10.6 Å². The maximum Gasteiger partial charge on any atom is 0.419 e. The molecule has 1 amide bonds. The summed E-state index contributed by atoms with van der Waals surface area (Å²) < 4.78 is 52.5. The highest BCUT2D eigenvalue weighted by Crippen LogP contribution is 2.34. The number of carbonyl (C=O) groups excluding carboxylic acids is 1. The number of H-pyrrole nitrogens is 1. The fourth-order valence-electron chi connectivity index (χ4n) is 3.22. The van der Waals surface area contributed by atoms with Crippen LogP contribution in [0.25, 0.3) is 10.6 Å². The van der Waals surface area contributed by atoms with Gasteiger partial charge in [-0.3, -0.25) is 9.89 Å². The molecule has 0 fully saturated rings. The molecular formula is C22H15F4N3OS. The normalized spacial score (nSPS) is 12.5. The van der Waals surface area contributed by atoms with Gasteiger partial charge >= 0.3 is 6.18 Å². The second kappa shape index (κ2) is 8.35. The molecule has 0 bridgehead atoms. The Balaban J connectivity index is 1.70. The van der Waals surface area contributed by atoms with E-state index in [0.717, 1.165) is 16.5 Å². The predicted octanol–water partition coefficient (Wildman–Crippen LogP) is 5.82. The molecule has 2 N–H and O–H groups in total. The lowest BCUT2D eigenvalue weighted by atomic mass is 9.98. The molecule has 0 saturated carbocycles. The van der Waals surface area contributed by atoms with Gasteiger partial charge in [0.1, 0.15) is 5.82 Å². The summed E-state index contributed by atoms with van der Waals surface area (Å²) in [5.41, 5.74) is 0.491. The second-order valence-corrected chi connectivity index (χ2v) is 7.63. The van der Waals surface area contributed by atoms with E-state index in [9.17, 15) is 22.4 Å². The van der Waals surface area contributed by atoms with E-state index in [-0.39, 0.29) is 5.56 Å². The van der Waals surface area contributed by atoms with Gasteiger partial charge in [-0.15, -0.1) is 11.3 Å². The highest BCUT2D eigenvalue weighted by atomic mass is 32.1. The summed E-state index contributed by atoms with van der Waals surface area (Å²) in [4.78, 5) is 13.8. The highest BCUT2D eigenvalue weighted by Gasteiger charge is 2.34. The number of hydrogen-bond donors (Lipinski definition) is 2. The van der Waals surface area contributed by atoms with Crippen LogP contribution in [-0.2, 0) is 6.18 Å². The first kappa shape index (κ1) is 20.8. The molecule has 9 heteroatoms. The lowest BCUT2D eigenvalue weighted by Gasteiger charge is -2.20. The Hall–Kier alpha value is -3.46. The SMILES string of the molecule is O=C(NC(c1ccccc1)c1cn[nH]c1-c1cccs1)c1ccc(C(F)(F)F)c(F)c1. The summed E-state index contributed by atoms with van der Waals surface area (Å²) in [6, 6.07) is 14.3. The summed E-state index contributed by atoms with van der Waals surface area (Å²) in [5, 5.41) is 11.7. The second-order valence-electron chi connectivity index (χ2n) is 6.69. The van der Waals surface area contributed by atoms with Gasteiger partial charge in [0, 0.05) is 11.1 Å². The van der Waals surface area contributed by atoms with Crippen molar-refractivity contribution in [2.75, 3.05) is 0 Å². The number of rotatable bonds is 5. The lowest BCUT2D eigenvalue weighted by molar-refractivity contribution is -0.140. The van der Waals surface area contributed by atoms with Gasteiger partial charge in [-0.05, 0) is 35.2 Å². The fraction of sp³-hybridized carbons (Fsp3) is 0.0909. The Morgan fingerprint density at radius 3 is 2.48 bits per heavy atom. The molecule has 1 unspecified atom stereocenters. The summed E-state index contributed by atoms with van der Waals surface area (Å²) in [7, 11) is 0. The minimum atomic E-state index is -4.84. The van der Waals surface area contributed by atoms with Crippen molar-refractivity contribution in [3.05, 3.63) is 100 Å². The zero-order chi connectivity index (χ0) is 22.0. The molecule has 0 saturated heterocycles. The van der Waals surface area contributed by atoms with Gasteiger partial charge in [-0.2, -0.15) is 18.3 Å². The van der Waals surface area contributed by atoms with E-state index in [4.69, 9.17) is 0 Å². The largest absolute Gasteiger partial charge is 0.419 e. The van der Waals surface area contributed by atoms with Gasteiger partial charge in [-0.25, -0.2) is 4.39 Å². The molecule has 0 radical (unpaired) electrons. The van der Waals surface area contributed by atoms with Gasteiger partial charge in [-0.1, -0.05) is 36.4 Å². The van der Waals surface area contributed by atoms with Gasteiger partial charge in [0.15, 0.2) is 0 Å². The molecule has 4 aromatic rings. The molecule has 0 aliphatic rings. The Kier molecular flexibility index (Phi) is 5.60. The number of hydrogen-bond acceptors (Lipinski definition) is 3. The Morgan fingerprint density at radius 2 is 1.84 bits per heavy atom. The number of carbonyl (C=O) groups is 1. The zero-order valence-corrected chi connectivity index (χ0v) is 16.6. The minimum Gasteiger partial charge on any atom is -0.341 e. The molecule has 1 atom stereocenters. The van der Waals surface area contributed by atoms with Crippen LogP contribution in [0.15, 0.2) is 72.2 Å². The van der Waals surface area contributed by atoms with Crippen molar-refractivity contribution in [3.63, 3.8) is 0 Å². The number of aromatic nitrogens is 2. The molecule has 31 heavy (non-hydrogen) atoms. The average molecular weight is 445 g/mol. The quantitative estimate of drug-likeness (QED) is 0.381. The number of alkyl halides is 3. The standard InChI is InChI=1S/C22H15F4N3OS/c23-17-11-14(8-9-16(17)22(24,25)26)21(30)28-19(13-5-2-1-3-6-13)15-12-27-29-20(15)18-7-4-10-31-18/h1-12,19H,(H,27,29)(H,28,30). The zero-order valence-electron chi connectivity index (χ0n) is 15.8. The number of nitrogens with zero attached hydrogens (tertiary/aromatic N) is 1. The Morgan fingerprint density at radius 1 is 1.06 bits per heavy atom. The first-order valence-corrected chi connectivity index (χ1v) is 10.0. The van der Waals surface area contributed by atoms with Crippen molar-refractivity contribution in [1.82, 2.24) is 15.5 Å². The van der Waals surface area contributed by atoms with Crippen molar-refractivity contribution in [2.45, 2.75) is 12.2 Å². The van der Waals surface area contributed by atoms with Crippen LogP contribution in [-0.4, -0.2) is 16.1 Å². The van der Waals surface area contributed by atoms with Crippen LogP contribution in [0.3, 0.4) is 0 Å². The maximum absolute atomic E-state index is 14.0. The van der Waals surface area contributed by atoms with Crippen molar-refractivity contribution in [1.29, 1.82) is 0 Å². The first-order valence-electron chi connectivity index (χ1n) is 9.14. The molecule has 0 aliphatic carbocycles. The number of halogens is 4. The molecule has 158 valence electrons. The molecule has 2 heterocycles. The lowest BCUT2D eigenvalue weighted by Crippen LogP contribution is -2.29. The van der Waals surface area contributed by atoms with Crippen LogP contribution in [0.5, 0.6) is 0 Å². The molecule has 2 aromatic heterocycles. The minimum absolute atomic E-state index is 0.215. The number of aromatic amines is 1. The van der Waals surface area contributed by atoms with Crippen LogP contribution < -0.4 is 5.32 Å². The van der Waals surface area contributed by atoms with Gasteiger partial charge in [0.05, 0.1) is 28.4 Å². The van der Waals surface area contributed by atoms with E-state index in [2.05, 4.69) is 15.5 Å². The van der Waals surface area contributed by atoms with Crippen molar-refractivity contribution < 1.29 is 22.4 Å². The van der Waals surface area contributed by atoms with Crippen molar-refractivity contribution in [2.24, 2.45) is 0 Å². The summed E-state index contributed by atoms with van der Waals surface area (Å²) >= 11 is 1.49. The summed E-state index contributed by atoms with van der Waals surface area (Å²) in [6.07, 6.45) is -3.25. The van der Waals surface area contributed by atoms with Crippen LogP contribution in [0.2, 0.25) is 0 Å². The average Bonchev–Trinajstić information content (AvgIpc) is 3.43. The third kappa shape index (κ3) is 4.36. The number of nitrogens with one attached hydrogen (secondary N) is 2. The van der Waals surface area contributed by atoms with Gasteiger partial charge in [0.25, 0.3) is 5.91 Å². The highest BCUT2D eigenvalue weighted by molar-refractivity contribution is 7.13. The van der Waals surface area contributed by atoms with Crippen LogP contribution >= 0.6 is 11.3 Å². The van der Waals surface area contributed by atoms with E-state index in [0.29, 0.717) is 23.4 Å². The topological polar surface area (TPSA) is 57.8 Å². The first-order chi connectivity index (χ1) is 14.8. The van der Waals surface area contributed by atoms with E-state index < -0.39 is 29.5 Å². The summed E-state index contributed by atoms with van der Waals surface area (Å²) in [5.74, 6) is -2.21. The summed E-state index contributed by atoms with van der Waals surface area (Å²) in [6.45, 7) is 0. The molecule has 0 spiro atoms. The van der Waals surface area contributed by atoms with Gasteiger partial charge in [0.2, 0.25) is 0 Å². The third-order valence-corrected chi connectivity index (χ3v) is 5.58. The maximum atomic E-state index is 14.0. The monoisotopic (exact) mass is 445 g/mol. The van der Waals surface area contributed by atoms with Crippen LogP contribution in [0.4, 0.5) is 17.6 Å². The van der Waals surface area contributed by atoms with E-state index in [1.807, 2.05) is 35.7 Å². The Bertz CT molecular complexity index is 1190. The van der Waals surface area contributed by atoms with Crippen LogP contribution in [0, 0.1) is 5.82 Å². The van der Waals surface area contributed by atoms with E-state index in [1.54, 1.807) is 18.3 Å². The molecule has 4 rings (SSSR count). The molecule has 0 aliphatic heterocycles. The smallest absolute Gasteiger partial charge is 0.341 e. The third-order valence-electron chi connectivity index (χ3n) is 4.69. The number of benzene rings is 2. The molecule has 2 aromatic carbocycles. The number of amides is 1. The number of thiophene rings is 1. The van der Waals surface area contributed by atoms with Crippen LogP contribution in [0.1, 0.15) is 33.1 Å². The molecule has 4 nitrogen and oxygen atoms in total. The van der Waals surface area contributed by atoms with E-state index in [1.165, 1.54) is 11.3 Å². The van der Waals surface area contributed by atoms with Gasteiger partial charge < -0.3 is 5.32 Å². The van der Waals surface area contributed by atoms with E-state index >= 15 is 0 Å². The predicted molar refractivity (Wildman–Crippen MR) is 109 cm³/mol. The fourth-order valence-corrected chi connectivity index (χ4v) is 3.96. The molecular weight excluding hydrogens is 430 g/mol. The Labute approximate surface area is 178 Å².